The molecule has 1 aromatic carbocycles. The van der Waals surface area contributed by atoms with E-state index in [1.807, 2.05) is 31.2 Å². The number of guanidine groups is 1. The molecule has 2 saturated heterocycles. The number of nitrogens with one attached hydrogen (secondary N) is 2. The van der Waals surface area contributed by atoms with E-state index >= 15 is 0 Å². The zero-order valence-corrected chi connectivity index (χ0v) is 18.5. The van der Waals surface area contributed by atoms with Crippen molar-refractivity contribution in [1.82, 2.24) is 15.5 Å². The van der Waals surface area contributed by atoms with Crippen molar-refractivity contribution in [3.63, 3.8) is 0 Å². The third kappa shape index (κ3) is 7.68. The number of aliphatic imine (C=N–C) groups is 1. The fraction of sp³-hybridized carbons (Fsp3) is 0.682. The van der Waals surface area contributed by atoms with Crippen molar-refractivity contribution in [2.24, 2.45) is 10.9 Å². The maximum atomic E-state index is 5.93. The lowest BCUT2D eigenvalue weighted by Gasteiger charge is -2.34. The molecule has 2 aliphatic rings. The third-order valence-corrected chi connectivity index (χ3v) is 5.72. The number of hydrogen-bond acceptors (Lipinski definition) is 4. The molecule has 162 valence electrons. The van der Waals surface area contributed by atoms with Crippen molar-refractivity contribution in [2.75, 3.05) is 45.9 Å². The van der Waals surface area contributed by atoms with Gasteiger partial charge >= 0.3 is 0 Å². The summed E-state index contributed by atoms with van der Waals surface area (Å²) in [5, 5.41) is 7.69. The van der Waals surface area contributed by atoms with Crippen LogP contribution in [0.25, 0.3) is 0 Å². The van der Waals surface area contributed by atoms with E-state index in [2.05, 4.69) is 22.5 Å². The minimum Gasteiger partial charge on any atom is -0.489 e. The van der Waals surface area contributed by atoms with Gasteiger partial charge in [-0.05, 0) is 63.3 Å². The minimum atomic E-state index is -0.0119. The Balaban J connectivity index is 1.42. The standard InChI is InChI=1S/C22H35ClN4O2/c1-3-24-22(25-14-17(2)29-21-6-4-19(23)5-7-21)26-20-8-11-27(12-9-20)15-18-10-13-28-16-18/h4-7,17-18,20H,3,8-16H2,1-2H3,(H2,24,25,26). The molecule has 3 rings (SSSR count). The van der Waals surface area contributed by atoms with Crippen LogP contribution in [-0.4, -0.2) is 68.9 Å². The van der Waals surface area contributed by atoms with Gasteiger partial charge < -0.3 is 25.0 Å². The monoisotopic (exact) mass is 422 g/mol. The predicted molar refractivity (Wildman–Crippen MR) is 119 cm³/mol. The zero-order chi connectivity index (χ0) is 20.5. The first-order valence-electron chi connectivity index (χ1n) is 10.9. The highest BCUT2D eigenvalue weighted by atomic mass is 35.5. The van der Waals surface area contributed by atoms with Gasteiger partial charge in [0.25, 0.3) is 0 Å². The molecule has 1 aromatic rings. The van der Waals surface area contributed by atoms with Gasteiger partial charge in [-0.15, -0.1) is 0 Å². The summed E-state index contributed by atoms with van der Waals surface area (Å²) in [6.07, 6.45) is 3.50. The van der Waals surface area contributed by atoms with E-state index in [0.717, 1.165) is 63.3 Å². The second kappa shape index (κ2) is 11.6. The molecule has 2 aliphatic heterocycles. The molecule has 7 heteroatoms. The average Bonchev–Trinajstić information content (AvgIpc) is 3.23. The summed E-state index contributed by atoms with van der Waals surface area (Å²) in [5.74, 6) is 2.41. The van der Waals surface area contributed by atoms with Crippen LogP contribution in [-0.2, 0) is 4.74 Å². The van der Waals surface area contributed by atoms with Gasteiger partial charge in [0.05, 0.1) is 13.2 Å². The number of rotatable bonds is 8. The second-order valence-corrected chi connectivity index (χ2v) is 8.49. The Bertz CT molecular complexity index is 626. The van der Waals surface area contributed by atoms with Crippen molar-refractivity contribution in [3.8, 4) is 5.75 Å². The van der Waals surface area contributed by atoms with Crippen LogP contribution in [0.5, 0.6) is 5.75 Å². The average molecular weight is 423 g/mol. The van der Waals surface area contributed by atoms with Gasteiger partial charge in [0.2, 0.25) is 0 Å². The molecule has 0 aromatic heterocycles. The molecular formula is C22H35ClN4O2. The molecule has 0 radical (unpaired) electrons. The predicted octanol–water partition coefficient (Wildman–Crippen LogP) is 3.16. The van der Waals surface area contributed by atoms with Gasteiger partial charge in [-0.1, -0.05) is 11.6 Å². The normalized spacial score (nSPS) is 22.4. The Kier molecular flexibility index (Phi) is 8.90. The number of nitrogens with zero attached hydrogens (tertiary/aromatic N) is 2. The van der Waals surface area contributed by atoms with E-state index < -0.39 is 0 Å². The van der Waals surface area contributed by atoms with Gasteiger partial charge in [-0.25, -0.2) is 4.99 Å². The largest absolute Gasteiger partial charge is 0.489 e. The summed E-state index contributed by atoms with van der Waals surface area (Å²) in [5.41, 5.74) is 0. The summed E-state index contributed by atoms with van der Waals surface area (Å²) in [6.45, 7) is 10.9. The Morgan fingerprint density at radius 3 is 2.69 bits per heavy atom. The molecule has 2 unspecified atom stereocenters. The van der Waals surface area contributed by atoms with Gasteiger partial charge in [-0.3, -0.25) is 0 Å². The van der Waals surface area contributed by atoms with Crippen molar-refractivity contribution >= 4 is 17.6 Å². The van der Waals surface area contributed by atoms with Crippen molar-refractivity contribution in [1.29, 1.82) is 0 Å². The molecule has 0 aliphatic carbocycles. The lowest BCUT2D eigenvalue weighted by atomic mass is 10.0. The smallest absolute Gasteiger partial charge is 0.191 e. The van der Waals surface area contributed by atoms with E-state index in [-0.39, 0.29) is 6.10 Å². The van der Waals surface area contributed by atoms with Crippen LogP contribution in [0.3, 0.4) is 0 Å². The van der Waals surface area contributed by atoms with E-state index in [0.29, 0.717) is 17.6 Å². The molecule has 0 spiro atoms. The third-order valence-electron chi connectivity index (χ3n) is 5.47. The fourth-order valence-corrected chi connectivity index (χ4v) is 3.99. The van der Waals surface area contributed by atoms with Crippen LogP contribution in [0, 0.1) is 5.92 Å². The summed E-state index contributed by atoms with van der Waals surface area (Å²) in [4.78, 5) is 7.32. The topological polar surface area (TPSA) is 58.1 Å². The highest BCUT2D eigenvalue weighted by molar-refractivity contribution is 6.30. The molecule has 0 bridgehead atoms. The number of benzene rings is 1. The van der Waals surface area contributed by atoms with Gasteiger partial charge in [0, 0.05) is 43.9 Å². The number of halogens is 1. The lowest BCUT2D eigenvalue weighted by molar-refractivity contribution is 0.150. The summed E-state index contributed by atoms with van der Waals surface area (Å²) < 4.78 is 11.4. The SMILES string of the molecule is CCNC(=NCC(C)Oc1ccc(Cl)cc1)NC1CCN(CC2CCOC2)CC1. The van der Waals surface area contributed by atoms with Crippen LogP contribution >= 0.6 is 11.6 Å². The van der Waals surface area contributed by atoms with E-state index in [1.54, 1.807) is 0 Å². The van der Waals surface area contributed by atoms with E-state index in [9.17, 15) is 0 Å². The van der Waals surface area contributed by atoms with Crippen molar-refractivity contribution < 1.29 is 9.47 Å². The maximum Gasteiger partial charge on any atom is 0.191 e. The van der Waals surface area contributed by atoms with Gasteiger partial charge in [0.1, 0.15) is 11.9 Å². The Morgan fingerprint density at radius 2 is 2.03 bits per heavy atom. The minimum absolute atomic E-state index is 0.0119. The number of ether oxygens (including phenoxy) is 2. The Hall–Kier alpha value is -1.50. The van der Waals surface area contributed by atoms with Gasteiger partial charge in [0.15, 0.2) is 5.96 Å². The number of hydrogen-bond donors (Lipinski definition) is 2. The molecular weight excluding hydrogens is 388 g/mol. The van der Waals surface area contributed by atoms with E-state index in [1.165, 1.54) is 13.0 Å². The van der Waals surface area contributed by atoms with Crippen LogP contribution < -0.4 is 15.4 Å². The number of piperidine rings is 1. The van der Waals surface area contributed by atoms with Crippen LogP contribution in [0.1, 0.15) is 33.1 Å². The highest BCUT2D eigenvalue weighted by Crippen LogP contribution is 2.18. The molecule has 2 heterocycles. The van der Waals surface area contributed by atoms with Crippen molar-refractivity contribution in [3.05, 3.63) is 29.3 Å². The summed E-state index contributed by atoms with van der Waals surface area (Å²) in [7, 11) is 0. The Morgan fingerprint density at radius 1 is 1.28 bits per heavy atom. The molecule has 29 heavy (non-hydrogen) atoms. The lowest BCUT2D eigenvalue weighted by Crippen LogP contribution is -2.49. The second-order valence-electron chi connectivity index (χ2n) is 8.05. The Labute approximate surface area is 180 Å². The van der Waals surface area contributed by atoms with Crippen LogP contribution in [0.4, 0.5) is 0 Å². The fourth-order valence-electron chi connectivity index (χ4n) is 3.87. The molecule has 2 N–H and O–H groups in total. The zero-order valence-electron chi connectivity index (χ0n) is 17.7. The molecule has 2 fully saturated rings. The highest BCUT2D eigenvalue weighted by Gasteiger charge is 2.24. The molecule has 0 saturated carbocycles. The first kappa shape index (κ1) is 22.2. The summed E-state index contributed by atoms with van der Waals surface area (Å²) >= 11 is 5.93. The molecule has 2 atom stereocenters. The maximum absolute atomic E-state index is 5.93. The first-order chi connectivity index (χ1) is 14.1. The van der Waals surface area contributed by atoms with E-state index in [4.69, 9.17) is 26.1 Å². The first-order valence-corrected chi connectivity index (χ1v) is 11.3. The molecule has 6 nitrogen and oxygen atoms in total. The van der Waals surface area contributed by atoms with Gasteiger partial charge in [-0.2, -0.15) is 0 Å². The van der Waals surface area contributed by atoms with Crippen LogP contribution in [0.15, 0.2) is 29.3 Å². The summed E-state index contributed by atoms with van der Waals surface area (Å²) in [6, 6.07) is 7.92. The van der Waals surface area contributed by atoms with Crippen LogP contribution in [0.2, 0.25) is 5.02 Å². The van der Waals surface area contributed by atoms with Crippen molar-refractivity contribution in [2.45, 2.75) is 45.3 Å². The molecule has 0 amide bonds. The number of likely N-dealkylation sites (tertiary alicyclic amines) is 1. The quantitative estimate of drug-likeness (QED) is 0.497.